The third kappa shape index (κ3) is 2.71. The van der Waals surface area contributed by atoms with Crippen LogP contribution < -0.4 is 4.72 Å². The van der Waals surface area contributed by atoms with E-state index < -0.39 is 10.0 Å². The smallest absolute Gasteiger partial charge is 0.208 e. The van der Waals surface area contributed by atoms with Crippen LogP contribution in [-0.2, 0) is 10.0 Å². The normalized spacial score (nSPS) is 20.3. The van der Waals surface area contributed by atoms with Gasteiger partial charge in [-0.25, -0.2) is 13.1 Å². The molecule has 2 aliphatic rings. The fraction of sp³-hybridized carbons (Fsp3) is 0.538. The molecule has 1 aromatic carbocycles. The van der Waals surface area contributed by atoms with E-state index in [4.69, 9.17) is 11.6 Å². The average Bonchev–Trinajstić information content (AvgIpc) is 3.18. The average molecular weight is 286 g/mol. The lowest BCUT2D eigenvalue weighted by Crippen LogP contribution is -2.38. The van der Waals surface area contributed by atoms with E-state index in [1.165, 1.54) is 0 Å². The molecule has 0 unspecified atom stereocenters. The van der Waals surface area contributed by atoms with Crippen LogP contribution in [-0.4, -0.2) is 14.5 Å². The summed E-state index contributed by atoms with van der Waals surface area (Å²) < 4.78 is 27.4. The molecule has 3 nitrogen and oxygen atoms in total. The van der Waals surface area contributed by atoms with E-state index in [1.54, 1.807) is 24.3 Å². The summed E-state index contributed by atoms with van der Waals surface area (Å²) in [6.45, 7) is 0. The Hall–Kier alpha value is -0.580. The number of halogens is 1. The molecule has 0 atom stereocenters. The quantitative estimate of drug-likeness (QED) is 0.904. The molecule has 0 bridgehead atoms. The number of hydrogen-bond donors (Lipinski definition) is 1. The summed E-state index contributed by atoms with van der Waals surface area (Å²) >= 11 is 5.77. The summed E-state index contributed by atoms with van der Waals surface area (Å²) in [5, 5.41) is 0.551. The highest BCUT2D eigenvalue weighted by Crippen LogP contribution is 2.45. The fourth-order valence-electron chi connectivity index (χ4n) is 2.35. The molecule has 1 aromatic rings. The molecule has 1 N–H and O–H groups in total. The molecule has 0 aromatic heterocycles. The Morgan fingerprint density at radius 2 is 1.56 bits per heavy atom. The van der Waals surface area contributed by atoms with E-state index >= 15 is 0 Å². The van der Waals surface area contributed by atoms with Gasteiger partial charge >= 0.3 is 0 Å². The molecule has 0 radical (unpaired) electrons. The molecular weight excluding hydrogens is 270 g/mol. The zero-order valence-electron chi connectivity index (χ0n) is 9.97. The van der Waals surface area contributed by atoms with Crippen molar-refractivity contribution in [2.45, 2.75) is 36.6 Å². The molecule has 0 aliphatic heterocycles. The number of rotatable bonds is 5. The monoisotopic (exact) mass is 285 g/mol. The summed E-state index contributed by atoms with van der Waals surface area (Å²) in [5.74, 6) is 1.11. The van der Waals surface area contributed by atoms with Crippen molar-refractivity contribution in [3.63, 3.8) is 0 Å². The SMILES string of the molecule is O=S(=O)(NC(C1CC1)C1CC1)c1ccc(Cl)cc1. The molecule has 0 amide bonds. The fourth-order valence-corrected chi connectivity index (χ4v) is 3.85. The van der Waals surface area contributed by atoms with Crippen LogP contribution in [0.2, 0.25) is 5.02 Å². The van der Waals surface area contributed by atoms with Gasteiger partial charge in [0.15, 0.2) is 0 Å². The molecule has 5 heteroatoms. The number of hydrogen-bond acceptors (Lipinski definition) is 2. The van der Waals surface area contributed by atoms with Crippen molar-refractivity contribution in [2.75, 3.05) is 0 Å². The van der Waals surface area contributed by atoms with Crippen LogP contribution in [0, 0.1) is 11.8 Å². The van der Waals surface area contributed by atoms with Crippen molar-refractivity contribution in [3.05, 3.63) is 29.3 Å². The van der Waals surface area contributed by atoms with Crippen molar-refractivity contribution in [3.8, 4) is 0 Å². The zero-order valence-corrected chi connectivity index (χ0v) is 11.5. The van der Waals surface area contributed by atoms with Crippen molar-refractivity contribution < 1.29 is 8.42 Å². The first-order valence-corrected chi connectivity index (χ1v) is 8.20. The van der Waals surface area contributed by atoms with Gasteiger partial charge in [0.05, 0.1) is 4.90 Å². The van der Waals surface area contributed by atoms with Gasteiger partial charge in [-0.1, -0.05) is 11.6 Å². The van der Waals surface area contributed by atoms with Crippen LogP contribution in [0.15, 0.2) is 29.2 Å². The third-order valence-corrected chi connectivity index (χ3v) is 5.40. The topological polar surface area (TPSA) is 46.2 Å². The molecule has 2 saturated carbocycles. The number of sulfonamides is 1. The van der Waals surface area contributed by atoms with E-state index in [9.17, 15) is 8.42 Å². The minimum atomic E-state index is -3.39. The second kappa shape index (κ2) is 4.51. The van der Waals surface area contributed by atoms with Crippen molar-refractivity contribution >= 4 is 21.6 Å². The molecule has 98 valence electrons. The van der Waals surface area contributed by atoms with Gasteiger partial charge in [0, 0.05) is 11.1 Å². The van der Waals surface area contributed by atoms with E-state index in [2.05, 4.69) is 4.72 Å². The zero-order chi connectivity index (χ0) is 12.8. The molecule has 18 heavy (non-hydrogen) atoms. The minimum Gasteiger partial charge on any atom is -0.208 e. The second-order valence-electron chi connectivity index (χ2n) is 5.28. The van der Waals surface area contributed by atoms with Gasteiger partial charge in [0.2, 0.25) is 10.0 Å². The van der Waals surface area contributed by atoms with E-state index in [-0.39, 0.29) is 6.04 Å². The van der Waals surface area contributed by atoms with Crippen LogP contribution >= 0.6 is 11.6 Å². The predicted molar refractivity (Wildman–Crippen MR) is 71.0 cm³/mol. The maximum Gasteiger partial charge on any atom is 0.240 e. The summed E-state index contributed by atoms with van der Waals surface area (Å²) in [7, 11) is -3.39. The number of nitrogens with one attached hydrogen (secondary N) is 1. The van der Waals surface area contributed by atoms with Crippen LogP contribution in [0.3, 0.4) is 0 Å². The first kappa shape index (κ1) is 12.5. The Balaban J connectivity index is 1.78. The Labute approximate surface area is 113 Å². The van der Waals surface area contributed by atoms with Gasteiger partial charge in [0.25, 0.3) is 0 Å². The number of benzene rings is 1. The van der Waals surface area contributed by atoms with Crippen molar-refractivity contribution in [2.24, 2.45) is 11.8 Å². The van der Waals surface area contributed by atoms with Gasteiger partial charge in [-0.05, 0) is 61.8 Å². The second-order valence-corrected chi connectivity index (χ2v) is 7.43. The van der Waals surface area contributed by atoms with E-state index in [1.807, 2.05) is 0 Å². The standard InChI is InChI=1S/C13H16ClNO2S/c14-11-5-7-12(8-6-11)18(16,17)15-13(9-1-2-9)10-3-4-10/h5-10,13,15H,1-4H2. The highest BCUT2D eigenvalue weighted by molar-refractivity contribution is 7.89. The maximum atomic E-state index is 12.3. The maximum absolute atomic E-state index is 12.3. The highest BCUT2D eigenvalue weighted by atomic mass is 35.5. The van der Waals surface area contributed by atoms with Gasteiger partial charge in [-0.2, -0.15) is 0 Å². The summed E-state index contributed by atoms with van der Waals surface area (Å²) in [4.78, 5) is 0.304. The van der Waals surface area contributed by atoms with Gasteiger partial charge < -0.3 is 0 Å². The molecular formula is C13H16ClNO2S. The Bertz CT molecular complexity index is 521. The largest absolute Gasteiger partial charge is 0.240 e. The van der Waals surface area contributed by atoms with Gasteiger partial charge in [-0.3, -0.25) is 0 Å². The molecule has 2 fully saturated rings. The van der Waals surface area contributed by atoms with Gasteiger partial charge in [-0.15, -0.1) is 0 Å². The minimum absolute atomic E-state index is 0.144. The Morgan fingerprint density at radius 1 is 1.06 bits per heavy atom. The Kier molecular flexibility index (Phi) is 3.12. The summed E-state index contributed by atoms with van der Waals surface area (Å²) in [6, 6.07) is 6.48. The lowest BCUT2D eigenvalue weighted by molar-refractivity contribution is 0.471. The first-order chi connectivity index (χ1) is 8.56. The highest BCUT2D eigenvalue weighted by Gasteiger charge is 2.43. The predicted octanol–water partition coefficient (Wildman–Crippen LogP) is 2.81. The first-order valence-electron chi connectivity index (χ1n) is 6.34. The summed E-state index contributed by atoms with van der Waals surface area (Å²) in [6.07, 6.45) is 4.63. The lowest BCUT2D eigenvalue weighted by atomic mass is 10.1. The van der Waals surface area contributed by atoms with E-state index in [0.29, 0.717) is 21.8 Å². The van der Waals surface area contributed by atoms with Crippen LogP contribution in [0.25, 0.3) is 0 Å². The molecule has 0 heterocycles. The third-order valence-electron chi connectivity index (χ3n) is 3.67. The van der Waals surface area contributed by atoms with Crippen LogP contribution in [0.1, 0.15) is 25.7 Å². The molecule has 0 spiro atoms. The van der Waals surface area contributed by atoms with Gasteiger partial charge in [0.1, 0.15) is 0 Å². The van der Waals surface area contributed by atoms with Crippen molar-refractivity contribution in [1.29, 1.82) is 0 Å². The molecule has 2 aliphatic carbocycles. The lowest BCUT2D eigenvalue weighted by Gasteiger charge is -2.17. The molecule has 3 rings (SSSR count). The van der Waals surface area contributed by atoms with E-state index in [0.717, 1.165) is 25.7 Å². The summed E-state index contributed by atoms with van der Waals surface area (Å²) in [5.41, 5.74) is 0. The van der Waals surface area contributed by atoms with Crippen LogP contribution in [0.4, 0.5) is 0 Å². The van der Waals surface area contributed by atoms with Crippen LogP contribution in [0.5, 0.6) is 0 Å². The van der Waals surface area contributed by atoms with Crippen molar-refractivity contribution in [1.82, 2.24) is 4.72 Å². The Morgan fingerprint density at radius 3 is 2.00 bits per heavy atom. The molecule has 0 saturated heterocycles.